The molecule has 0 aliphatic carbocycles. The second-order valence-corrected chi connectivity index (χ2v) is 4.41. The van der Waals surface area contributed by atoms with Gasteiger partial charge in [-0.25, -0.2) is 4.98 Å². The first kappa shape index (κ1) is 10.9. The average molecular weight is 242 g/mol. The zero-order chi connectivity index (χ0) is 12.7. The van der Waals surface area contributed by atoms with Crippen LogP contribution >= 0.6 is 0 Å². The Hall–Kier alpha value is -2.27. The zero-order valence-electron chi connectivity index (χ0n) is 9.94. The van der Waals surface area contributed by atoms with Crippen molar-refractivity contribution in [1.82, 2.24) is 15.0 Å². The minimum atomic E-state index is -0.0690. The summed E-state index contributed by atoms with van der Waals surface area (Å²) in [4.78, 5) is 10.7. The number of phenolic OH excluding ortho intramolecular Hbond substituents is 1. The molecule has 0 saturated heterocycles. The fourth-order valence-electron chi connectivity index (χ4n) is 2.01. The minimum Gasteiger partial charge on any atom is -0.508 e. The van der Waals surface area contributed by atoms with Gasteiger partial charge >= 0.3 is 0 Å². The van der Waals surface area contributed by atoms with Crippen molar-refractivity contribution in [2.75, 3.05) is 0 Å². The molecule has 0 bridgehead atoms. The molecule has 0 aliphatic rings. The summed E-state index contributed by atoms with van der Waals surface area (Å²) in [6.45, 7) is 1.91. The Balaban J connectivity index is 2.13. The number of H-pyrrole nitrogens is 2. The molecular formula is C13H14N4O. The van der Waals surface area contributed by atoms with E-state index in [2.05, 4.69) is 15.0 Å². The fourth-order valence-corrected chi connectivity index (χ4v) is 2.01. The van der Waals surface area contributed by atoms with Gasteiger partial charge in [-0.3, -0.25) is 0 Å². The predicted molar refractivity (Wildman–Crippen MR) is 70.1 cm³/mol. The molecule has 0 aliphatic heterocycles. The van der Waals surface area contributed by atoms with E-state index in [1.807, 2.05) is 19.2 Å². The summed E-state index contributed by atoms with van der Waals surface area (Å²) in [6.07, 6.45) is 3.62. The number of hydrogen-bond acceptors (Lipinski definition) is 3. The summed E-state index contributed by atoms with van der Waals surface area (Å²) in [5.74, 6) is 1.02. The molecule has 0 unspecified atom stereocenters. The highest BCUT2D eigenvalue weighted by atomic mass is 16.3. The van der Waals surface area contributed by atoms with E-state index >= 15 is 0 Å². The SMILES string of the molecule is C[C@H](N)c1cnc(-c2c[nH]c3cc(O)ccc23)[nH]1. The van der Waals surface area contributed by atoms with E-state index in [1.165, 1.54) is 0 Å². The van der Waals surface area contributed by atoms with Crippen LogP contribution in [0.15, 0.2) is 30.6 Å². The molecule has 1 aromatic carbocycles. The maximum atomic E-state index is 9.43. The Bertz CT molecular complexity index is 696. The number of imidazole rings is 1. The van der Waals surface area contributed by atoms with Crippen LogP contribution in [0.25, 0.3) is 22.3 Å². The molecule has 5 heteroatoms. The Morgan fingerprint density at radius 2 is 2.22 bits per heavy atom. The number of nitrogens with zero attached hydrogens (tertiary/aromatic N) is 1. The van der Waals surface area contributed by atoms with Crippen LogP contribution < -0.4 is 5.73 Å². The van der Waals surface area contributed by atoms with Gasteiger partial charge in [0.15, 0.2) is 0 Å². The first-order valence-corrected chi connectivity index (χ1v) is 5.76. The molecule has 92 valence electrons. The van der Waals surface area contributed by atoms with Gasteiger partial charge in [-0.05, 0) is 19.1 Å². The number of aromatic hydroxyl groups is 1. The molecule has 5 N–H and O–H groups in total. The Labute approximate surface area is 104 Å². The third kappa shape index (κ3) is 1.65. The van der Waals surface area contributed by atoms with Crippen molar-refractivity contribution in [2.24, 2.45) is 5.73 Å². The summed E-state index contributed by atoms with van der Waals surface area (Å²) in [6, 6.07) is 5.15. The van der Waals surface area contributed by atoms with E-state index in [4.69, 9.17) is 5.73 Å². The van der Waals surface area contributed by atoms with E-state index in [0.717, 1.165) is 28.0 Å². The highest BCUT2D eigenvalue weighted by Crippen LogP contribution is 2.29. The van der Waals surface area contributed by atoms with E-state index in [9.17, 15) is 5.11 Å². The lowest BCUT2D eigenvalue weighted by Gasteiger charge is -1.99. The highest BCUT2D eigenvalue weighted by molar-refractivity contribution is 5.94. The van der Waals surface area contributed by atoms with Gasteiger partial charge in [-0.1, -0.05) is 0 Å². The van der Waals surface area contributed by atoms with Crippen molar-refractivity contribution in [2.45, 2.75) is 13.0 Å². The molecule has 3 aromatic rings. The third-order valence-electron chi connectivity index (χ3n) is 3.01. The van der Waals surface area contributed by atoms with Gasteiger partial charge in [0.25, 0.3) is 0 Å². The number of benzene rings is 1. The lowest BCUT2D eigenvalue weighted by Crippen LogP contribution is -2.04. The van der Waals surface area contributed by atoms with Crippen LogP contribution in [0.5, 0.6) is 5.75 Å². The first-order valence-electron chi connectivity index (χ1n) is 5.76. The average Bonchev–Trinajstić information content (AvgIpc) is 2.92. The monoisotopic (exact) mass is 242 g/mol. The smallest absolute Gasteiger partial charge is 0.139 e. The number of nitrogens with one attached hydrogen (secondary N) is 2. The molecule has 3 rings (SSSR count). The highest BCUT2D eigenvalue weighted by Gasteiger charge is 2.11. The summed E-state index contributed by atoms with van der Waals surface area (Å²) in [5.41, 5.74) is 8.55. The van der Waals surface area contributed by atoms with Gasteiger partial charge in [0, 0.05) is 34.8 Å². The summed E-state index contributed by atoms with van der Waals surface area (Å²) in [5, 5.41) is 10.4. The molecule has 0 saturated carbocycles. The first-order chi connectivity index (χ1) is 8.65. The Kier molecular flexibility index (Phi) is 2.34. The summed E-state index contributed by atoms with van der Waals surface area (Å²) >= 11 is 0. The largest absolute Gasteiger partial charge is 0.508 e. The standard InChI is InChI=1S/C13H14N4O/c1-7(14)12-6-16-13(17-12)10-5-15-11-4-8(18)2-3-9(10)11/h2-7,15,18H,14H2,1H3,(H,16,17)/t7-/m0/s1. The van der Waals surface area contributed by atoms with Crippen molar-refractivity contribution >= 4 is 10.9 Å². The van der Waals surface area contributed by atoms with Crippen molar-refractivity contribution < 1.29 is 5.11 Å². The maximum absolute atomic E-state index is 9.43. The van der Waals surface area contributed by atoms with Gasteiger partial charge in [0.1, 0.15) is 11.6 Å². The molecular weight excluding hydrogens is 228 g/mol. The number of rotatable bonds is 2. The Morgan fingerprint density at radius 1 is 1.39 bits per heavy atom. The number of aromatic nitrogens is 3. The number of aromatic amines is 2. The van der Waals surface area contributed by atoms with Gasteiger partial charge in [0.05, 0.1) is 11.9 Å². The normalized spacial score (nSPS) is 13.0. The Morgan fingerprint density at radius 3 is 2.94 bits per heavy atom. The van der Waals surface area contributed by atoms with Crippen molar-refractivity contribution in [3.63, 3.8) is 0 Å². The molecule has 18 heavy (non-hydrogen) atoms. The number of fused-ring (bicyclic) bond motifs is 1. The molecule has 0 spiro atoms. The van der Waals surface area contributed by atoms with E-state index in [0.29, 0.717) is 0 Å². The molecule has 2 heterocycles. The number of nitrogens with two attached hydrogens (primary N) is 1. The van der Waals surface area contributed by atoms with E-state index in [-0.39, 0.29) is 11.8 Å². The number of hydrogen-bond donors (Lipinski definition) is 4. The van der Waals surface area contributed by atoms with Crippen LogP contribution in [0.3, 0.4) is 0 Å². The van der Waals surface area contributed by atoms with Crippen molar-refractivity contribution in [1.29, 1.82) is 0 Å². The molecule has 0 fully saturated rings. The lowest BCUT2D eigenvalue weighted by molar-refractivity contribution is 0.476. The second-order valence-electron chi connectivity index (χ2n) is 4.41. The summed E-state index contributed by atoms with van der Waals surface area (Å²) < 4.78 is 0. The maximum Gasteiger partial charge on any atom is 0.139 e. The van der Waals surface area contributed by atoms with Gasteiger partial charge in [0.2, 0.25) is 0 Å². The van der Waals surface area contributed by atoms with E-state index < -0.39 is 0 Å². The van der Waals surface area contributed by atoms with Crippen molar-refractivity contribution in [3.8, 4) is 17.1 Å². The van der Waals surface area contributed by atoms with Gasteiger partial charge < -0.3 is 20.8 Å². The van der Waals surface area contributed by atoms with Crippen LogP contribution in [0.1, 0.15) is 18.7 Å². The molecule has 0 amide bonds. The summed E-state index contributed by atoms with van der Waals surface area (Å²) in [7, 11) is 0. The third-order valence-corrected chi connectivity index (χ3v) is 3.01. The van der Waals surface area contributed by atoms with Gasteiger partial charge in [-0.2, -0.15) is 0 Å². The fraction of sp³-hybridized carbons (Fsp3) is 0.154. The zero-order valence-corrected chi connectivity index (χ0v) is 9.94. The molecule has 1 atom stereocenters. The quantitative estimate of drug-likeness (QED) is 0.555. The van der Waals surface area contributed by atoms with Crippen LogP contribution in [0.2, 0.25) is 0 Å². The topological polar surface area (TPSA) is 90.7 Å². The van der Waals surface area contributed by atoms with Gasteiger partial charge in [-0.15, -0.1) is 0 Å². The van der Waals surface area contributed by atoms with Crippen LogP contribution in [0, 0.1) is 0 Å². The molecule has 2 aromatic heterocycles. The minimum absolute atomic E-state index is 0.0690. The second kappa shape index (κ2) is 3.89. The lowest BCUT2D eigenvalue weighted by atomic mass is 10.1. The molecule has 5 nitrogen and oxygen atoms in total. The van der Waals surface area contributed by atoms with E-state index in [1.54, 1.807) is 18.3 Å². The van der Waals surface area contributed by atoms with Crippen LogP contribution in [-0.2, 0) is 0 Å². The number of phenols is 1. The molecule has 0 radical (unpaired) electrons. The van der Waals surface area contributed by atoms with Crippen LogP contribution in [-0.4, -0.2) is 20.1 Å². The van der Waals surface area contributed by atoms with Crippen LogP contribution in [0.4, 0.5) is 0 Å². The van der Waals surface area contributed by atoms with Crippen molar-refractivity contribution in [3.05, 3.63) is 36.3 Å². The predicted octanol–water partition coefficient (Wildman–Crippen LogP) is 2.28.